The van der Waals surface area contributed by atoms with Crippen molar-refractivity contribution in [2.24, 2.45) is 5.92 Å². The lowest BCUT2D eigenvalue weighted by molar-refractivity contribution is 0.0524. The van der Waals surface area contributed by atoms with Gasteiger partial charge in [-0.25, -0.2) is 4.79 Å². The van der Waals surface area contributed by atoms with Crippen LogP contribution in [0.15, 0.2) is 0 Å². The van der Waals surface area contributed by atoms with Crippen molar-refractivity contribution in [3.63, 3.8) is 0 Å². The Morgan fingerprint density at radius 2 is 2.20 bits per heavy atom. The zero-order valence-electron chi connectivity index (χ0n) is 8.95. The molecule has 2 aliphatic heterocycles. The highest BCUT2D eigenvalue weighted by molar-refractivity contribution is 5.75. The first-order chi connectivity index (χ1) is 7.36. The van der Waals surface area contributed by atoms with E-state index in [2.05, 4.69) is 5.32 Å². The van der Waals surface area contributed by atoms with Crippen LogP contribution in [0.4, 0.5) is 4.79 Å². The van der Waals surface area contributed by atoms with Gasteiger partial charge in [0.2, 0.25) is 0 Å². The van der Waals surface area contributed by atoms with Crippen molar-refractivity contribution in [1.82, 2.24) is 10.2 Å². The van der Waals surface area contributed by atoms with E-state index < -0.39 is 0 Å². The van der Waals surface area contributed by atoms with Crippen LogP contribution in [0.2, 0.25) is 0 Å². The molecular weight excluding hydrogens is 192 g/mol. The van der Waals surface area contributed by atoms with E-state index >= 15 is 0 Å². The third-order valence-electron chi connectivity index (χ3n) is 3.70. The van der Waals surface area contributed by atoms with Crippen LogP contribution in [0.25, 0.3) is 0 Å². The van der Waals surface area contributed by atoms with Gasteiger partial charge in [0.1, 0.15) is 0 Å². The van der Waals surface area contributed by atoms with E-state index in [-0.39, 0.29) is 6.03 Å². The molecule has 1 saturated carbocycles. The topological polar surface area (TPSA) is 41.6 Å². The monoisotopic (exact) mass is 210 g/mol. The third-order valence-corrected chi connectivity index (χ3v) is 3.70. The van der Waals surface area contributed by atoms with Crippen molar-refractivity contribution >= 4 is 6.03 Å². The van der Waals surface area contributed by atoms with Gasteiger partial charge in [-0.2, -0.15) is 0 Å². The molecule has 2 unspecified atom stereocenters. The normalized spacial score (nSPS) is 36.8. The Morgan fingerprint density at radius 3 is 2.93 bits per heavy atom. The van der Waals surface area contributed by atoms with Gasteiger partial charge in [0.05, 0.1) is 12.1 Å². The van der Waals surface area contributed by atoms with Crippen molar-refractivity contribution in [2.75, 3.05) is 19.7 Å². The molecule has 1 aliphatic carbocycles. The lowest BCUT2D eigenvalue weighted by atomic mass is 10.0. The number of carbonyl (C=O) groups is 1. The molecule has 0 bridgehead atoms. The van der Waals surface area contributed by atoms with Gasteiger partial charge in [-0.1, -0.05) is 0 Å². The number of nitrogens with zero attached hydrogens (tertiary/aromatic N) is 1. The van der Waals surface area contributed by atoms with E-state index in [9.17, 15) is 4.79 Å². The maximum absolute atomic E-state index is 11.7. The molecule has 3 rings (SSSR count). The Bertz CT molecular complexity index is 265. The Labute approximate surface area is 90.0 Å². The highest BCUT2D eigenvalue weighted by Gasteiger charge is 2.44. The van der Waals surface area contributed by atoms with E-state index in [1.807, 2.05) is 4.90 Å². The summed E-state index contributed by atoms with van der Waals surface area (Å²) >= 11 is 0. The minimum Gasteiger partial charge on any atom is -0.376 e. The van der Waals surface area contributed by atoms with Gasteiger partial charge < -0.3 is 15.0 Å². The number of nitrogens with one attached hydrogen (secondary N) is 1. The van der Waals surface area contributed by atoms with E-state index in [0.717, 1.165) is 38.5 Å². The predicted molar refractivity (Wildman–Crippen MR) is 55.6 cm³/mol. The summed E-state index contributed by atoms with van der Waals surface area (Å²) in [6, 6.07) is 0.459. The molecule has 3 aliphatic rings. The number of urea groups is 1. The molecule has 84 valence electrons. The first kappa shape index (κ1) is 9.46. The van der Waals surface area contributed by atoms with Gasteiger partial charge in [-0.15, -0.1) is 0 Å². The average Bonchev–Trinajstić information content (AvgIpc) is 2.98. The second-order valence-electron chi connectivity index (χ2n) is 4.81. The summed E-state index contributed by atoms with van der Waals surface area (Å²) in [7, 11) is 0. The molecule has 2 heterocycles. The van der Waals surface area contributed by atoms with Crippen LogP contribution >= 0.6 is 0 Å². The lowest BCUT2D eigenvalue weighted by Crippen LogP contribution is -2.53. The van der Waals surface area contributed by atoms with Crippen molar-refractivity contribution in [1.29, 1.82) is 0 Å². The molecule has 2 atom stereocenters. The van der Waals surface area contributed by atoms with Crippen LogP contribution in [0.3, 0.4) is 0 Å². The van der Waals surface area contributed by atoms with Gasteiger partial charge in [-0.3, -0.25) is 0 Å². The maximum atomic E-state index is 11.7. The first-order valence-electron chi connectivity index (χ1n) is 6.02. The molecular formula is C11H18N2O2. The van der Waals surface area contributed by atoms with Gasteiger partial charge in [0, 0.05) is 19.7 Å². The number of hydrogen-bond acceptors (Lipinski definition) is 2. The van der Waals surface area contributed by atoms with Crippen LogP contribution < -0.4 is 5.32 Å². The SMILES string of the molecule is O=C1NCCCN1C1CCOC1C1CC1. The number of ether oxygens (including phenoxy) is 1. The summed E-state index contributed by atoms with van der Waals surface area (Å²) in [5, 5.41) is 2.92. The fourth-order valence-electron chi connectivity index (χ4n) is 2.77. The third kappa shape index (κ3) is 1.71. The number of amides is 2. The Hall–Kier alpha value is -0.770. The second-order valence-corrected chi connectivity index (χ2v) is 4.81. The zero-order valence-corrected chi connectivity index (χ0v) is 8.95. The van der Waals surface area contributed by atoms with Crippen molar-refractivity contribution in [3.8, 4) is 0 Å². The standard InChI is InChI=1S/C11H18N2O2/c14-11-12-5-1-6-13(11)9-4-7-15-10(9)8-2-3-8/h8-10H,1-7H2,(H,12,14). The summed E-state index contributed by atoms with van der Waals surface area (Å²) in [6.45, 7) is 2.57. The van der Waals surface area contributed by atoms with Gasteiger partial charge in [-0.05, 0) is 31.6 Å². The molecule has 0 spiro atoms. The molecule has 1 N–H and O–H groups in total. The molecule has 0 aromatic heterocycles. The van der Waals surface area contributed by atoms with Crippen molar-refractivity contribution in [3.05, 3.63) is 0 Å². The fourth-order valence-corrected chi connectivity index (χ4v) is 2.77. The molecule has 3 fully saturated rings. The minimum atomic E-state index is 0.113. The molecule has 4 nitrogen and oxygen atoms in total. The fraction of sp³-hybridized carbons (Fsp3) is 0.909. The quantitative estimate of drug-likeness (QED) is 0.738. The molecule has 0 aromatic carbocycles. The van der Waals surface area contributed by atoms with Crippen LogP contribution in [0.5, 0.6) is 0 Å². The highest BCUT2D eigenvalue weighted by Crippen LogP contribution is 2.40. The maximum Gasteiger partial charge on any atom is 0.317 e. The van der Waals surface area contributed by atoms with Crippen molar-refractivity contribution in [2.45, 2.75) is 37.8 Å². The number of carbonyl (C=O) groups excluding carboxylic acids is 1. The van der Waals surface area contributed by atoms with E-state index in [0.29, 0.717) is 12.1 Å². The average molecular weight is 210 g/mol. The molecule has 0 radical (unpaired) electrons. The summed E-state index contributed by atoms with van der Waals surface area (Å²) in [6.07, 6.45) is 5.00. The van der Waals surface area contributed by atoms with E-state index in [4.69, 9.17) is 4.74 Å². The predicted octanol–water partition coefficient (Wildman–Crippen LogP) is 0.969. The smallest absolute Gasteiger partial charge is 0.317 e. The molecule has 15 heavy (non-hydrogen) atoms. The lowest BCUT2D eigenvalue weighted by Gasteiger charge is -2.35. The molecule has 2 amide bonds. The van der Waals surface area contributed by atoms with Gasteiger partial charge >= 0.3 is 6.03 Å². The van der Waals surface area contributed by atoms with Crippen LogP contribution in [0.1, 0.15) is 25.7 Å². The van der Waals surface area contributed by atoms with Crippen LogP contribution in [-0.4, -0.2) is 42.8 Å². The Morgan fingerprint density at radius 1 is 1.33 bits per heavy atom. The summed E-state index contributed by atoms with van der Waals surface area (Å²) in [5.74, 6) is 0.729. The molecule has 2 saturated heterocycles. The van der Waals surface area contributed by atoms with E-state index in [1.165, 1.54) is 12.8 Å². The van der Waals surface area contributed by atoms with Crippen LogP contribution in [0, 0.1) is 5.92 Å². The summed E-state index contributed by atoms with van der Waals surface area (Å²) < 4.78 is 5.77. The summed E-state index contributed by atoms with van der Waals surface area (Å²) in [4.78, 5) is 13.7. The first-order valence-corrected chi connectivity index (χ1v) is 6.02. The minimum absolute atomic E-state index is 0.113. The zero-order chi connectivity index (χ0) is 10.3. The number of hydrogen-bond donors (Lipinski definition) is 1. The number of rotatable bonds is 2. The largest absolute Gasteiger partial charge is 0.376 e. The highest BCUT2D eigenvalue weighted by atomic mass is 16.5. The molecule has 4 heteroatoms. The Balaban J connectivity index is 1.70. The van der Waals surface area contributed by atoms with Crippen LogP contribution in [-0.2, 0) is 4.74 Å². The molecule has 0 aromatic rings. The van der Waals surface area contributed by atoms with E-state index in [1.54, 1.807) is 0 Å². The van der Waals surface area contributed by atoms with Gasteiger partial charge in [0.25, 0.3) is 0 Å². The Kier molecular flexibility index (Phi) is 2.31. The second kappa shape index (κ2) is 3.67. The van der Waals surface area contributed by atoms with Gasteiger partial charge in [0.15, 0.2) is 0 Å². The summed E-state index contributed by atoms with van der Waals surface area (Å²) in [5.41, 5.74) is 0. The van der Waals surface area contributed by atoms with Crippen molar-refractivity contribution < 1.29 is 9.53 Å².